The summed E-state index contributed by atoms with van der Waals surface area (Å²) in [7, 11) is 4.22. The number of nitrogens with one attached hydrogen (secondary N) is 1. The van der Waals surface area contributed by atoms with E-state index in [4.69, 9.17) is 14.2 Å². The molecule has 3 aromatic rings. The first-order valence-corrected chi connectivity index (χ1v) is 9.55. The molecule has 31 heavy (non-hydrogen) atoms. The first-order valence-electron chi connectivity index (χ1n) is 9.55. The third-order valence-corrected chi connectivity index (χ3v) is 4.62. The number of hydrogen-bond acceptors (Lipinski definition) is 5. The lowest BCUT2D eigenvalue weighted by Crippen LogP contribution is -2.17. The summed E-state index contributed by atoms with van der Waals surface area (Å²) in [5.41, 5.74) is 2.46. The molecule has 158 valence electrons. The number of carbonyl (C=O) groups is 2. The van der Waals surface area contributed by atoms with Gasteiger partial charge in [-0.1, -0.05) is 60.7 Å². The second-order valence-corrected chi connectivity index (χ2v) is 6.53. The van der Waals surface area contributed by atoms with Crippen molar-refractivity contribution < 1.29 is 23.8 Å². The van der Waals surface area contributed by atoms with Crippen molar-refractivity contribution in [3.05, 3.63) is 89.5 Å². The Bertz CT molecular complexity index is 1090. The Morgan fingerprint density at radius 3 is 1.97 bits per heavy atom. The molecule has 6 heteroatoms. The van der Waals surface area contributed by atoms with Gasteiger partial charge in [-0.2, -0.15) is 0 Å². The Hall–Kier alpha value is -4.06. The van der Waals surface area contributed by atoms with Crippen molar-refractivity contribution in [2.75, 3.05) is 26.6 Å². The van der Waals surface area contributed by atoms with Crippen LogP contribution in [0.15, 0.2) is 72.8 Å². The van der Waals surface area contributed by atoms with Gasteiger partial charge in [0.1, 0.15) is 0 Å². The third kappa shape index (κ3) is 5.11. The SMILES string of the molecule is COC(=O)c1cc(OC)c(OC)cc1NC(=O)/C(=C/c1ccccc1)c1ccccc1. The number of methoxy groups -OCH3 is 3. The largest absolute Gasteiger partial charge is 0.493 e. The fraction of sp³-hybridized carbons (Fsp3) is 0.120. The van der Waals surface area contributed by atoms with Gasteiger partial charge >= 0.3 is 5.97 Å². The van der Waals surface area contributed by atoms with Crippen LogP contribution in [0, 0.1) is 0 Å². The van der Waals surface area contributed by atoms with Crippen LogP contribution in [-0.2, 0) is 9.53 Å². The van der Waals surface area contributed by atoms with Gasteiger partial charge in [-0.25, -0.2) is 4.79 Å². The Morgan fingerprint density at radius 2 is 1.39 bits per heavy atom. The highest BCUT2D eigenvalue weighted by Crippen LogP contribution is 2.34. The summed E-state index contributed by atoms with van der Waals surface area (Å²) in [6.07, 6.45) is 1.79. The summed E-state index contributed by atoms with van der Waals surface area (Å²) in [6.45, 7) is 0. The van der Waals surface area contributed by atoms with E-state index in [1.807, 2.05) is 60.7 Å². The normalized spacial score (nSPS) is 10.9. The average molecular weight is 417 g/mol. The van der Waals surface area contributed by atoms with Crippen LogP contribution in [0.4, 0.5) is 5.69 Å². The third-order valence-electron chi connectivity index (χ3n) is 4.62. The number of amides is 1. The van der Waals surface area contributed by atoms with Crippen molar-refractivity contribution in [3.63, 3.8) is 0 Å². The number of anilines is 1. The van der Waals surface area contributed by atoms with Gasteiger partial charge in [0, 0.05) is 17.7 Å². The number of ether oxygens (including phenoxy) is 3. The van der Waals surface area contributed by atoms with Crippen molar-refractivity contribution in [1.82, 2.24) is 0 Å². The van der Waals surface area contributed by atoms with E-state index in [9.17, 15) is 9.59 Å². The monoisotopic (exact) mass is 417 g/mol. The minimum absolute atomic E-state index is 0.153. The van der Waals surface area contributed by atoms with Crippen LogP contribution < -0.4 is 14.8 Å². The quantitative estimate of drug-likeness (QED) is 0.344. The van der Waals surface area contributed by atoms with Crippen LogP contribution in [0.2, 0.25) is 0 Å². The molecular formula is C25H23NO5. The highest BCUT2D eigenvalue weighted by atomic mass is 16.5. The second-order valence-electron chi connectivity index (χ2n) is 6.53. The highest BCUT2D eigenvalue weighted by molar-refractivity contribution is 6.29. The molecular weight excluding hydrogens is 394 g/mol. The average Bonchev–Trinajstić information content (AvgIpc) is 2.82. The maximum absolute atomic E-state index is 13.3. The van der Waals surface area contributed by atoms with Gasteiger partial charge < -0.3 is 19.5 Å². The molecule has 3 rings (SSSR count). The van der Waals surface area contributed by atoms with E-state index >= 15 is 0 Å². The van der Waals surface area contributed by atoms with Crippen molar-refractivity contribution in [1.29, 1.82) is 0 Å². The highest BCUT2D eigenvalue weighted by Gasteiger charge is 2.21. The number of carbonyl (C=O) groups excluding carboxylic acids is 2. The Labute approximate surface area is 181 Å². The fourth-order valence-electron chi connectivity index (χ4n) is 3.06. The first kappa shape index (κ1) is 21.6. The molecule has 0 heterocycles. The molecule has 0 aromatic heterocycles. The second kappa shape index (κ2) is 10.1. The zero-order chi connectivity index (χ0) is 22.2. The van der Waals surface area contributed by atoms with Crippen molar-refractivity contribution in [2.24, 2.45) is 0 Å². The zero-order valence-electron chi connectivity index (χ0n) is 17.5. The molecule has 1 N–H and O–H groups in total. The van der Waals surface area contributed by atoms with E-state index in [0.29, 0.717) is 17.1 Å². The van der Waals surface area contributed by atoms with E-state index in [2.05, 4.69) is 5.32 Å². The van der Waals surface area contributed by atoms with E-state index in [1.54, 1.807) is 6.08 Å². The summed E-state index contributed by atoms with van der Waals surface area (Å²) >= 11 is 0. The number of hydrogen-bond donors (Lipinski definition) is 1. The van der Waals surface area contributed by atoms with Gasteiger partial charge in [-0.05, 0) is 17.2 Å². The zero-order valence-corrected chi connectivity index (χ0v) is 17.5. The summed E-state index contributed by atoms with van der Waals surface area (Å²) in [4.78, 5) is 25.7. The van der Waals surface area contributed by atoms with Crippen LogP contribution in [0.3, 0.4) is 0 Å². The van der Waals surface area contributed by atoms with Gasteiger partial charge in [0.15, 0.2) is 11.5 Å². The summed E-state index contributed by atoms with van der Waals surface area (Å²) in [5, 5.41) is 2.83. The molecule has 6 nitrogen and oxygen atoms in total. The van der Waals surface area contributed by atoms with Crippen LogP contribution in [0.1, 0.15) is 21.5 Å². The Kier molecular flexibility index (Phi) is 7.06. The van der Waals surface area contributed by atoms with E-state index in [0.717, 1.165) is 11.1 Å². The lowest BCUT2D eigenvalue weighted by molar-refractivity contribution is -0.111. The first-order chi connectivity index (χ1) is 15.1. The molecule has 0 aliphatic heterocycles. The lowest BCUT2D eigenvalue weighted by atomic mass is 10.0. The Balaban J connectivity index is 2.06. The van der Waals surface area contributed by atoms with Gasteiger partial charge in [-0.15, -0.1) is 0 Å². The molecule has 0 aliphatic rings. The molecule has 0 aliphatic carbocycles. The molecule has 0 atom stereocenters. The number of rotatable bonds is 7. The van der Waals surface area contributed by atoms with Crippen molar-refractivity contribution in [3.8, 4) is 11.5 Å². The molecule has 0 bridgehead atoms. The summed E-state index contributed by atoms with van der Waals surface area (Å²) in [6, 6.07) is 21.8. The summed E-state index contributed by atoms with van der Waals surface area (Å²) in [5.74, 6) is -0.264. The lowest BCUT2D eigenvalue weighted by Gasteiger charge is -2.16. The predicted octanol–water partition coefficient (Wildman–Crippen LogP) is 4.67. The van der Waals surface area contributed by atoms with Crippen LogP contribution in [-0.4, -0.2) is 33.2 Å². The van der Waals surface area contributed by atoms with Crippen LogP contribution in [0.25, 0.3) is 11.6 Å². The standard InChI is InChI=1S/C25H23NO5/c1-29-22-15-20(25(28)31-3)21(16-23(22)30-2)26-24(27)19(18-12-8-5-9-13-18)14-17-10-6-4-7-11-17/h4-16H,1-3H3,(H,26,27)/b19-14+. The van der Waals surface area contributed by atoms with E-state index in [-0.39, 0.29) is 17.2 Å². The van der Waals surface area contributed by atoms with Gasteiger partial charge in [0.2, 0.25) is 0 Å². The smallest absolute Gasteiger partial charge is 0.340 e. The molecule has 0 radical (unpaired) electrons. The predicted molar refractivity (Wildman–Crippen MR) is 120 cm³/mol. The summed E-state index contributed by atoms with van der Waals surface area (Å²) < 4.78 is 15.5. The van der Waals surface area contributed by atoms with Gasteiger partial charge in [0.05, 0.1) is 32.6 Å². The molecule has 3 aromatic carbocycles. The minimum Gasteiger partial charge on any atom is -0.493 e. The molecule has 0 fully saturated rings. The van der Waals surface area contributed by atoms with Crippen molar-refractivity contribution in [2.45, 2.75) is 0 Å². The maximum atomic E-state index is 13.3. The number of esters is 1. The topological polar surface area (TPSA) is 73.9 Å². The van der Waals surface area contributed by atoms with E-state index in [1.165, 1.54) is 33.5 Å². The minimum atomic E-state index is -0.607. The van der Waals surface area contributed by atoms with Gasteiger partial charge in [-0.3, -0.25) is 4.79 Å². The van der Waals surface area contributed by atoms with E-state index < -0.39 is 5.97 Å². The Morgan fingerprint density at radius 1 is 0.806 bits per heavy atom. The van der Waals surface area contributed by atoms with Crippen molar-refractivity contribution >= 4 is 29.2 Å². The molecule has 0 saturated heterocycles. The maximum Gasteiger partial charge on any atom is 0.340 e. The van der Waals surface area contributed by atoms with Crippen LogP contribution in [0.5, 0.6) is 11.5 Å². The molecule has 0 spiro atoms. The van der Waals surface area contributed by atoms with Crippen LogP contribution >= 0.6 is 0 Å². The molecule has 0 unspecified atom stereocenters. The number of benzene rings is 3. The van der Waals surface area contributed by atoms with Gasteiger partial charge in [0.25, 0.3) is 5.91 Å². The molecule has 0 saturated carbocycles. The fourth-order valence-corrected chi connectivity index (χ4v) is 3.06. The molecule has 1 amide bonds.